The van der Waals surface area contributed by atoms with E-state index in [1.54, 1.807) is 4.90 Å². The molecule has 0 aliphatic carbocycles. The SMILES string of the molecule is CC(=O)Nc1ccc(S(=O)(=O)NCc2cccc(N3CCCC3=O)c2)cc1. The van der Waals surface area contributed by atoms with Crippen molar-refractivity contribution in [1.82, 2.24) is 4.72 Å². The average molecular weight is 387 g/mol. The molecule has 0 bridgehead atoms. The Labute approximate surface area is 158 Å². The first-order valence-corrected chi connectivity index (χ1v) is 10.1. The molecule has 2 aromatic rings. The molecule has 3 rings (SSSR count). The van der Waals surface area contributed by atoms with Crippen LogP contribution in [0.5, 0.6) is 0 Å². The second-order valence-electron chi connectivity index (χ2n) is 6.35. The molecule has 0 atom stereocenters. The lowest BCUT2D eigenvalue weighted by molar-refractivity contribution is -0.117. The maximum Gasteiger partial charge on any atom is 0.240 e. The van der Waals surface area contributed by atoms with Crippen molar-refractivity contribution in [2.75, 3.05) is 16.8 Å². The van der Waals surface area contributed by atoms with Crippen LogP contribution < -0.4 is 14.9 Å². The fourth-order valence-corrected chi connectivity index (χ4v) is 3.96. The van der Waals surface area contributed by atoms with Gasteiger partial charge in [-0.3, -0.25) is 9.59 Å². The summed E-state index contributed by atoms with van der Waals surface area (Å²) >= 11 is 0. The first-order valence-electron chi connectivity index (χ1n) is 8.62. The van der Waals surface area contributed by atoms with E-state index in [2.05, 4.69) is 10.0 Å². The lowest BCUT2D eigenvalue weighted by Gasteiger charge is -2.16. The van der Waals surface area contributed by atoms with Gasteiger partial charge in [0.05, 0.1) is 4.90 Å². The number of hydrogen-bond acceptors (Lipinski definition) is 4. The predicted octanol–water partition coefficient (Wildman–Crippen LogP) is 2.25. The lowest BCUT2D eigenvalue weighted by atomic mass is 10.2. The highest BCUT2D eigenvalue weighted by Gasteiger charge is 2.22. The molecule has 2 amide bonds. The van der Waals surface area contributed by atoms with Crippen molar-refractivity contribution < 1.29 is 18.0 Å². The van der Waals surface area contributed by atoms with Gasteiger partial charge in [-0.15, -0.1) is 0 Å². The van der Waals surface area contributed by atoms with Gasteiger partial charge in [0.2, 0.25) is 21.8 Å². The summed E-state index contributed by atoms with van der Waals surface area (Å²) in [7, 11) is -3.69. The zero-order valence-electron chi connectivity index (χ0n) is 14.9. The Balaban J connectivity index is 1.68. The highest BCUT2D eigenvalue weighted by molar-refractivity contribution is 7.89. The highest BCUT2D eigenvalue weighted by Crippen LogP contribution is 2.22. The maximum atomic E-state index is 12.5. The van der Waals surface area contributed by atoms with Crippen LogP contribution in [0.25, 0.3) is 0 Å². The summed E-state index contributed by atoms with van der Waals surface area (Å²) in [6.07, 6.45) is 1.38. The standard InChI is InChI=1S/C19H21N3O4S/c1-14(23)21-16-7-9-18(10-8-16)27(25,26)20-13-15-4-2-5-17(12-15)22-11-3-6-19(22)24/h2,4-5,7-10,12,20H,3,6,11,13H2,1H3,(H,21,23). The number of rotatable bonds is 6. The van der Waals surface area contributed by atoms with Gasteiger partial charge < -0.3 is 10.2 Å². The quantitative estimate of drug-likeness (QED) is 0.795. The summed E-state index contributed by atoms with van der Waals surface area (Å²) in [6.45, 7) is 2.19. The van der Waals surface area contributed by atoms with E-state index in [-0.39, 0.29) is 23.3 Å². The molecule has 1 saturated heterocycles. The molecule has 8 heteroatoms. The van der Waals surface area contributed by atoms with Gasteiger partial charge in [0.25, 0.3) is 0 Å². The average Bonchev–Trinajstić information content (AvgIpc) is 3.06. The van der Waals surface area contributed by atoms with Crippen LogP contribution in [0.4, 0.5) is 11.4 Å². The van der Waals surface area contributed by atoms with Gasteiger partial charge >= 0.3 is 0 Å². The van der Waals surface area contributed by atoms with Crippen LogP contribution in [0.1, 0.15) is 25.3 Å². The van der Waals surface area contributed by atoms with Crippen molar-refractivity contribution in [3.63, 3.8) is 0 Å². The Morgan fingerprint density at radius 3 is 2.52 bits per heavy atom. The molecule has 27 heavy (non-hydrogen) atoms. The summed E-state index contributed by atoms with van der Waals surface area (Å²) in [5, 5.41) is 2.59. The van der Waals surface area contributed by atoms with Crippen molar-refractivity contribution in [2.45, 2.75) is 31.2 Å². The molecule has 1 aliphatic rings. The number of sulfonamides is 1. The zero-order valence-corrected chi connectivity index (χ0v) is 15.8. The summed E-state index contributed by atoms with van der Waals surface area (Å²) in [6, 6.07) is 13.2. The van der Waals surface area contributed by atoms with E-state index >= 15 is 0 Å². The fourth-order valence-electron chi connectivity index (χ4n) is 2.94. The molecule has 142 valence electrons. The molecule has 1 heterocycles. The molecule has 0 unspecified atom stereocenters. The number of anilines is 2. The number of carbonyl (C=O) groups is 2. The van der Waals surface area contributed by atoms with Gasteiger partial charge in [-0.25, -0.2) is 13.1 Å². The van der Waals surface area contributed by atoms with Crippen LogP contribution >= 0.6 is 0 Å². The fraction of sp³-hybridized carbons (Fsp3) is 0.263. The third kappa shape index (κ3) is 4.72. The predicted molar refractivity (Wildman–Crippen MR) is 103 cm³/mol. The summed E-state index contributed by atoms with van der Waals surface area (Å²) in [4.78, 5) is 24.7. The van der Waals surface area contributed by atoms with Gasteiger partial charge in [0, 0.05) is 37.8 Å². The number of benzene rings is 2. The molecule has 1 fully saturated rings. The number of carbonyl (C=O) groups excluding carboxylic acids is 2. The van der Waals surface area contributed by atoms with Crippen LogP contribution in [-0.4, -0.2) is 26.8 Å². The number of hydrogen-bond donors (Lipinski definition) is 2. The number of nitrogens with one attached hydrogen (secondary N) is 2. The van der Waals surface area contributed by atoms with Gasteiger partial charge in [-0.2, -0.15) is 0 Å². The minimum absolute atomic E-state index is 0.0898. The molecule has 2 N–H and O–H groups in total. The normalized spacial score (nSPS) is 14.4. The molecule has 0 spiro atoms. The van der Waals surface area contributed by atoms with Gasteiger partial charge in [0.1, 0.15) is 0 Å². The third-order valence-corrected chi connectivity index (χ3v) is 5.66. The van der Waals surface area contributed by atoms with Crippen molar-refractivity contribution in [3.8, 4) is 0 Å². The van der Waals surface area contributed by atoms with Gasteiger partial charge in [-0.05, 0) is 48.4 Å². The van der Waals surface area contributed by atoms with Crippen LogP contribution in [0.2, 0.25) is 0 Å². The maximum absolute atomic E-state index is 12.5. The molecule has 7 nitrogen and oxygen atoms in total. The molecule has 1 aliphatic heterocycles. The van der Waals surface area contributed by atoms with E-state index in [9.17, 15) is 18.0 Å². The van der Waals surface area contributed by atoms with Crippen LogP contribution in [0.15, 0.2) is 53.4 Å². The smallest absolute Gasteiger partial charge is 0.240 e. The number of amides is 2. The minimum Gasteiger partial charge on any atom is -0.326 e. The molecule has 0 radical (unpaired) electrons. The number of nitrogens with zero attached hydrogens (tertiary/aromatic N) is 1. The van der Waals surface area contributed by atoms with E-state index in [0.717, 1.165) is 17.7 Å². The Kier molecular flexibility index (Phi) is 5.57. The summed E-state index contributed by atoms with van der Waals surface area (Å²) in [5.74, 6) is -0.132. The zero-order chi connectivity index (χ0) is 19.4. The van der Waals surface area contributed by atoms with E-state index < -0.39 is 10.0 Å². The first-order chi connectivity index (χ1) is 12.8. The second kappa shape index (κ2) is 7.89. The molecule has 2 aromatic carbocycles. The van der Waals surface area contributed by atoms with Gasteiger partial charge in [0.15, 0.2) is 0 Å². The second-order valence-corrected chi connectivity index (χ2v) is 8.12. The van der Waals surface area contributed by atoms with Crippen LogP contribution in [-0.2, 0) is 26.2 Å². The summed E-state index contributed by atoms with van der Waals surface area (Å²) < 4.78 is 27.5. The van der Waals surface area contributed by atoms with Crippen LogP contribution in [0, 0.1) is 0 Å². The van der Waals surface area contributed by atoms with Gasteiger partial charge in [-0.1, -0.05) is 12.1 Å². The highest BCUT2D eigenvalue weighted by atomic mass is 32.2. The van der Waals surface area contributed by atoms with E-state index in [0.29, 0.717) is 18.7 Å². The van der Waals surface area contributed by atoms with Crippen molar-refractivity contribution in [1.29, 1.82) is 0 Å². The minimum atomic E-state index is -3.69. The Bertz CT molecular complexity index is 955. The lowest BCUT2D eigenvalue weighted by Crippen LogP contribution is -2.25. The third-order valence-electron chi connectivity index (χ3n) is 4.25. The molecular weight excluding hydrogens is 366 g/mol. The topological polar surface area (TPSA) is 95.6 Å². The van der Waals surface area contributed by atoms with Crippen molar-refractivity contribution in [3.05, 3.63) is 54.1 Å². The molecular formula is C19H21N3O4S. The Morgan fingerprint density at radius 2 is 1.89 bits per heavy atom. The van der Waals surface area contributed by atoms with E-state index in [4.69, 9.17) is 0 Å². The summed E-state index contributed by atoms with van der Waals surface area (Å²) in [5.41, 5.74) is 2.09. The first kappa shape index (κ1) is 19.1. The van der Waals surface area contributed by atoms with Crippen molar-refractivity contribution >= 4 is 33.2 Å². The Morgan fingerprint density at radius 1 is 1.15 bits per heavy atom. The monoisotopic (exact) mass is 387 g/mol. The largest absolute Gasteiger partial charge is 0.326 e. The van der Waals surface area contributed by atoms with E-state index in [1.807, 2.05) is 24.3 Å². The Hall–Kier alpha value is -2.71. The van der Waals surface area contributed by atoms with Crippen molar-refractivity contribution in [2.24, 2.45) is 0 Å². The molecule has 0 saturated carbocycles. The van der Waals surface area contributed by atoms with E-state index in [1.165, 1.54) is 31.2 Å². The van der Waals surface area contributed by atoms with Crippen LogP contribution in [0.3, 0.4) is 0 Å². The molecule has 0 aromatic heterocycles.